The van der Waals surface area contributed by atoms with Crippen LogP contribution in [-0.2, 0) is 4.74 Å². The highest BCUT2D eigenvalue weighted by Gasteiger charge is 2.31. The zero-order chi connectivity index (χ0) is 14.0. The molecule has 20 heavy (non-hydrogen) atoms. The third-order valence-corrected chi connectivity index (χ3v) is 4.98. The predicted molar refractivity (Wildman–Crippen MR) is 81.5 cm³/mol. The highest BCUT2D eigenvalue weighted by atomic mass is 35.5. The number of hydrogen-bond acceptors (Lipinski definition) is 4. The Bertz CT molecular complexity index is 546. The average molecular weight is 312 g/mol. The molecular weight excluding hydrogens is 294 g/mol. The molecule has 1 aliphatic rings. The second-order valence-corrected chi connectivity index (χ2v) is 7.12. The third-order valence-electron chi connectivity index (χ3n) is 3.69. The number of thiophene rings is 1. The van der Waals surface area contributed by atoms with Gasteiger partial charge in [0.05, 0.1) is 16.2 Å². The maximum atomic E-state index is 6.06. The molecule has 2 aromatic heterocycles. The molecule has 5 heteroatoms. The Morgan fingerprint density at radius 2 is 2.35 bits per heavy atom. The standard InChI is InChI=1S/C15H18ClNO2S/c1-15(7-3-9-19-15)10-17-14(11-4-2-8-18-11)12-5-6-13(16)20-12/h2,4-6,8,14,17H,3,7,9-10H2,1H3. The lowest BCUT2D eigenvalue weighted by Gasteiger charge is -2.26. The summed E-state index contributed by atoms with van der Waals surface area (Å²) in [6.45, 7) is 3.82. The van der Waals surface area contributed by atoms with Gasteiger partial charge in [-0.15, -0.1) is 11.3 Å². The van der Waals surface area contributed by atoms with E-state index in [1.807, 2.05) is 24.3 Å². The summed E-state index contributed by atoms with van der Waals surface area (Å²) in [4.78, 5) is 1.16. The van der Waals surface area contributed by atoms with Crippen LogP contribution in [0, 0.1) is 0 Å². The predicted octanol–water partition coefficient (Wildman–Crippen LogP) is 4.24. The molecule has 0 aromatic carbocycles. The summed E-state index contributed by atoms with van der Waals surface area (Å²) in [7, 11) is 0. The highest BCUT2D eigenvalue weighted by Crippen LogP contribution is 2.32. The SMILES string of the molecule is CC1(CNC(c2ccco2)c2ccc(Cl)s2)CCCO1. The van der Waals surface area contributed by atoms with Gasteiger partial charge in [0.1, 0.15) is 11.8 Å². The lowest BCUT2D eigenvalue weighted by molar-refractivity contribution is 0.0192. The van der Waals surface area contributed by atoms with Gasteiger partial charge in [-0.25, -0.2) is 0 Å². The van der Waals surface area contributed by atoms with Gasteiger partial charge in [-0.1, -0.05) is 11.6 Å². The average Bonchev–Trinajstić information content (AvgIpc) is 3.13. The van der Waals surface area contributed by atoms with Gasteiger partial charge in [0.25, 0.3) is 0 Å². The smallest absolute Gasteiger partial charge is 0.126 e. The lowest BCUT2D eigenvalue weighted by atomic mass is 10.0. The van der Waals surface area contributed by atoms with Crippen molar-refractivity contribution >= 4 is 22.9 Å². The quantitative estimate of drug-likeness (QED) is 0.896. The van der Waals surface area contributed by atoms with Crippen LogP contribution in [0.15, 0.2) is 34.9 Å². The second kappa shape index (κ2) is 5.90. The maximum absolute atomic E-state index is 6.06. The van der Waals surface area contributed by atoms with Crippen LogP contribution in [-0.4, -0.2) is 18.8 Å². The monoisotopic (exact) mass is 311 g/mol. The number of rotatable bonds is 5. The molecule has 1 aliphatic heterocycles. The number of furan rings is 1. The van der Waals surface area contributed by atoms with Gasteiger partial charge >= 0.3 is 0 Å². The normalized spacial score (nSPS) is 24.1. The summed E-state index contributed by atoms with van der Waals surface area (Å²) in [5.41, 5.74) is -0.0775. The molecule has 0 spiro atoms. The van der Waals surface area contributed by atoms with E-state index in [1.54, 1.807) is 17.6 Å². The summed E-state index contributed by atoms with van der Waals surface area (Å²) < 4.78 is 12.2. The fourth-order valence-electron chi connectivity index (χ4n) is 2.57. The van der Waals surface area contributed by atoms with Gasteiger partial charge in [-0.3, -0.25) is 0 Å². The minimum atomic E-state index is -0.0775. The van der Waals surface area contributed by atoms with Gasteiger partial charge in [-0.05, 0) is 44.0 Å². The van der Waals surface area contributed by atoms with Crippen LogP contribution < -0.4 is 5.32 Å². The van der Waals surface area contributed by atoms with Gasteiger partial charge in [-0.2, -0.15) is 0 Å². The second-order valence-electron chi connectivity index (χ2n) is 5.37. The van der Waals surface area contributed by atoms with E-state index in [-0.39, 0.29) is 11.6 Å². The number of hydrogen-bond donors (Lipinski definition) is 1. The van der Waals surface area contributed by atoms with Crippen LogP contribution >= 0.6 is 22.9 Å². The van der Waals surface area contributed by atoms with Gasteiger partial charge in [0.15, 0.2) is 0 Å². The molecule has 2 atom stereocenters. The molecule has 2 unspecified atom stereocenters. The molecule has 108 valence electrons. The zero-order valence-corrected chi connectivity index (χ0v) is 13.0. The van der Waals surface area contributed by atoms with E-state index in [9.17, 15) is 0 Å². The Morgan fingerprint density at radius 3 is 2.95 bits per heavy atom. The van der Waals surface area contributed by atoms with Crippen molar-refractivity contribution in [3.63, 3.8) is 0 Å². The van der Waals surface area contributed by atoms with Crippen molar-refractivity contribution in [1.82, 2.24) is 5.32 Å². The van der Waals surface area contributed by atoms with Crippen LogP contribution in [0.1, 0.15) is 36.4 Å². The Kier molecular flexibility index (Phi) is 4.17. The first kappa shape index (κ1) is 14.1. The van der Waals surface area contributed by atoms with Gasteiger partial charge in [0, 0.05) is 18.0 Å². The minimum absolute atomic E-state index is 0.0310. The highest BCUT2D eigenvalue weighted by molar-refractivity contribution is 7.16. The first-order valence-electron chi connectivity index (χ1n) is 6.82. The summed E-state index contributed by atoms with van der Waals surface area (Å²) in [5, 5.41) is 3.57. The first-order chi connectivity index (χ1) is 9.66. The van der Waals surface area contributed by atoms with Crippen LogP contribution in [0.2, 0.25) is 4.34 Å². The first-order valence-corrected chi connectivity index (χ1v) is 8.02. The summed E-state index contributed by atoms with van der Waals surface area (Å²) >= 11 is 7.63. The molecular formula is C15H18ClNO2S. The van der Waals surface area contributed by atoms with Crippen molar-refractivity contribution in [2.45, 2.75) is 31.4 Å². The minimum Gasteiger partial charge on any atom is -0.467 e. The molecule has 3 nitrogen and oxygen atoms in total. The molecule has 3 rings (SSSR count). The van der Waals surface area contributed by atoms with Gasteiger partial charge < -0.3 is 14.5 Å². The van der Waals surface area contributed by atoms with E-state index in [2.05, 4.69) is 12.2 Å². The van der Waals surface area contributed by atoms with E-state index >= 15 is 0 Å². The Labute approximate surface area is 127 Å². The van der Waals surface area contributed by atoms with Gasteiger partial charge in [0.2, 0.25) is 0 Å². The molecule has 2 aromatic rings. The summed E-state index contributed by atoms with van der Waals surface area (Å²) in [6.07, 6.45) is 3.93. The van der Waals surface area contributed by atoms with E-state index in [0.29, 0.717) is 0 Å². The summed E-state index contributed by atoms with van der Waals surface area (Å²) in [5.74, 6) is 0.908. The van der Waals surface area contributed by atoms with E-state index in [0.717, 1.165) is 41.0 Å². The number of ether oxygens (including phenoxy) is 1. The van der Waals surface area contributed by atoms with Crippen molar-refractivity contribution < 1.29 is 9.15 Å². The fraction of sp³-hybridized carbons (Fsp3) is 0.467. The van der Waals surface area contributed by atoms with Crippen LogP contribution in [0.4, 0.5) is 0 Å². The molecule has 1 saturated heterocycles. The van der Waals surface area contributed by atoms with Crippen LogP contribution in [0.3, 0.4) is 0 Å². The molecule has 0 bridgehead atoms. The molecule has 1 fully saturated rings. The van der Waals surface area contributed by atoms with Crippen molar-refractivity contribution in [2.24, 2.45) is 0 Å². The van der Waals surface area contributed by atoms with Crippen LogP contribution in [0.25, 0.3) is 0 Å². The van der Waals surface area contributed by atoms with Crippen LogP contribution in [0.5, 0.6) is 0 Å². The topological polar surface area (TPSA) is 34.4 Å². The molecule has 0 saturated carbocycles. The van der Waals surface area contributed by atoms with Crippen molar-refractivity contribution in [1.29, 1.82) is 0 Å². The van der Waals surface area contributed by atoms with E-state index < -0.39 is 0 Å². The maximum Gasteiger partial charge on any atom is 0.126 e. The fourth-order valence-corrected chi connectivity index (χ4v) is 3.72. The van der Waals surface area contributed by atoms with Crippen molar-refractivity contribution in [3.8, 4) is 0 Å². The molecule has 0 aliphatic carbocycles. The van der Waals surface area contributed by atoms with Crippen molar-refractivity contribution in [2.75, 3.05) is 13.2 Å². The molecule has 0 radical (unpaired) electrons. The Hall–Kier alpha value is -0.810. The van der Waals surface area contributed by atoms with E-state index in [4.69, 9.17) is 20.8 Å². The number of nitrogens with one attached hydrogen (secondary N) is 1. The Morgan fingerprint density at radius 1 is 1.45 bits per heavy atom. The Balaban J connectivity index is 1.76. The molecule has 1 N–H and O–H groups in total. The molecule has 3 heterocycles. The van der Waals surface area contributed by atoms with E-state index in [1.165, 1.54) is 0 Å². The zero-order valence-electron chi connectivity index (χ0n) is 11.4. The lowest BCUT2D eigenvalue weighted by Crippen LogP contribution is -2.39. The largest absolute Gasteiger partial charge is 0.467 e. The molecule has 0 amide bonds. The summed E-state index contributed by atoms with van der Waals surface area (Å²) in [6, 6.07) is 7.90. The number of halogens is 1. The van der Waals surface area contributed by atoms with Crippen molar-refractivity contribution in [3.05, 3.63) is 45.5 Å². The third kappa shape index (κ3) is 3.09.